The summed E-state index contributed by atoms with van der Waals surface area (Å²) in [6.45, 7) is 14.8. The van der Waals surface area contributed by atoms with E-state index in [1.165, 1.54) is 116 Å². The largest absolute Gasteiger partial charge is 0.450 e. The van der Waals surface area contributed by atoms with Crippen LogP contribution in [0.4, 0.5) is 0 Å². The van der Waals surface area contributed by atoms with Gasteiger partial charge in [0.1, 0.15) is 6.04 Å². The average Bonchev–Trinajstić information content (AvgIpc) is 2.91. The molecule has 0 aromatic rings. The van der Waals surface area contributed by atoms with Crippen molar-refractivity contribution in [3.05, 3.63) is 11.4 Å². The van der Waals surface area contributed by atoms with Gasteiger partial charge in [-0.25, -0.2) is 11.4 Å². The molecule has 1 aliphatic rings. The van der Waals surface area contributed by atoms with Gasteiger partial charge in [-0.05, 0) is 25.7 Å². The number of hydrogen-bond acceptors (Lipinski definition) is 2. The Kier molecular flexibility index (Phi) is 19.1. The van der Waals surface area contributed by atoms with Crippen LogP contribution in [0.25, 0.3) is 4.85 Å². The maximum absolute atomic E-state index is 12.6. The van der Waals surface area contributed by atoms with Crippen LogP contribution in [0.5, 0.6) is 0 Å². The van der Waals surface area contributed by atoms with Crippen molar-refractivity contribution in [2.24, 2.45) is 5.92 Å². The van der Waals surface area contributed by atoms with Crippen LogP contribution in [0.15, 0.2) is 0 Å². The summed E-state index contributed by atoms with van der Waals surface area (Å²) in [5.74, 6) is 0.346. The lowest BCUT2D eigenvalue weighted by molar-refractivity contribution is -0.921. The molecule has 0 radical (unpaired) electrons. The summed E-state index contributed by atoms with van der Waals surface area (Å²) >= 11 is 0. The monoisotopic (exact) mass is 519 g/mol. The number of quaternary nitrogens is 1. The van der Waals surface area contributed by atoms with Gasteiger partial charge in [-0.2, -0.15) is 0 Å². The van der Waals surface area contributed by atoms with Gasteiger partial charge < -0.3 is 14.1 Å². The fourth-order valence-corrected chi connectivity index (χ4v) is 6.39. The van der Waals surface area contributed by atoms with Gasteiger partial charge in [0.25, 0.3) is 0 Å². The van der Waals surface area contributed by atoms with Crippen molar-refractivity contribution >= 4 is 5.97 Å². The van der Waals surface area contributed by atoms with Crippen molar-refractivity contribution < 1.29 is 14.0 Å². The molecule has 0 aromatic heterocycles. The number of esters is 1. The predicted octanol–water partition coefficient (Wildman–Crippen LogP) is 9.51. The lowest BCUT2D eigenvalue weighted by atomic mass is 9.93. The zero-order valence-corrected chi connectivity index (χ0v) is 25.6. The van der Waals surface area contributed by atoms with Crippen molar-refractivity contribution in [3.63, 3.8) is 0 Å². The van der Waals surface area contributed by atoms with Gasteiger partial charge in [0.2, 0.25) is 0 Å². The Bertz CT molecular complexity index is 612. The highest BCUT2D eigenvalue weighted by Crippen LogP contribution is 2.28. The second kappa shape index (κ2) is 20.8. The molecule has 0 bridgehead atoms. The Labute approximate surface area is 231 Å². The minimum Gasteiger partial charge on any atom is -0.450 e. The zero-order valence-electron chi connectivity index (χ0n) is 25.6. The molecule has 0 aliphatic heterocycles. The van der Waals surface area contributed by atoms with E-state index in [2.05, 4.69) is 32.8 Å². The number of nitrogens with zero attached hydrogens (tertiary/aromatic N) is 2. The predicted molar refractivity (Wildman–Crippen MR) is 159 cm³/mol. The van der Waals surface area contributed by atoms with Crippen LogP contribution in [0, 0.1) is 12.5 Å². The molecule has 4 unspecified atom stereocenters. The maximum atomic E-state index is 12.6. The number of hydrogen-bond donors (Lipinski definition) is 0. The molecule has 1 aliphatic carbocycles. The Balaban J connectivity index is 2.54. The molecule has 37 heavy (non-hydrogen) atoms. The fourth-order valence-electron chi connectivity index (χ4n) is 6.39. The normalized spacial score (nSPS) is 21.4. The molecular weight excluding hydrogens is 456 g/mol. The number of carbonyl (C=O) groups excluding carboxylic acids is 1. The molecular formula is C33H63N2O2+. The Morgan fingerprint density at radius 2 is 1.30 bits per heavy atom. The molecule has 0 saturated heterocycles. The van der Waals surface area contributed by atoms with E-state index in [-0.39, 0.29) is 12.1 Å². The summed E-state index contributed by atoms with van der Waals surface area (Å²) in [5.41, 5.74) is 0. The fraction of sp³-hybridized carbons (Fsp3) is 0.939. The minimum atomic E-state index is -0.700. The Morgan fingerprint density at radius 3 is 1.84 bits per heavy atom. The lowest BCUT2D eigenvalue weighted by Gasteiger charge is -2.43. The van der Waals surface area contributed by atoms with Gasteiger partial charge in [-0.1, -0.05) is 117 Å². The smallest absolute Gasteiger partial charge is 0.390 e. The summed E-state index contributed by atoms with van der Waals surface area (Å²) in [5, 5.41) is 0. The highest BCUT2D eigenvalue weighted by Gasteiger charge is 2.39. The molecule has 0 N–H and O–H groups in total. The van der Waals surface area contributed by atoms with Gasteiger partial charge in [0.05, 0.1) is 20.6 Å². The van der Waals surface area contributed by atoms with Gasteiger partial charge in [0, 0.05) is 19.3 Å². The number of ether oxygens (including phenoxy) is 1. The first kappa shape index (κ1) is 33.9. The second-order valence-corrected chi connectivity index (χ2v) is 12.8. The van der Waals surface area contributed by atoms with Crippen LogP contribution in [-0.2, 0) is 9.53 Å². The quantitative estimate of drug-likeness (QED) is 0.0829. The van der Waals surface area contributed by atoms with Crippen LogP contribution < -0.4 is 0 Å². The first-order valence-corrected chi connectivity index (χ1v) is 16.2. The van der Waals surface area contributed by atoms with Crippen LogP contribution in [0.3, 0.4) is 0 Å². The average molecular weight is 520 g/mol. The van der Waals surface area contributed by atoms with E-state index >= 15 is 0 Å². The van der Waals surface area contributed by atoms with E-state index in [9.17, 15) is 4.79 Å². The highest BCUT2D eigenvalue weighted by molar-refractivity contribution is 5.77. The number of carbonyl (C=O) groups is 1. The number of likely N-dealkylation sites (N-methyl/N-ethyl adjacent to an activating group) is 1. The third-order valence-electron chi connectivity index (χ3n) is 8.70. The minimum absolute atomic E-state index is 0.0704. The lowest BCUT2D eigenvalue weighted by Crippen LogP contribution is -2.57. The Morgan fingerprint density at radius 1 is 0.811 bits per heavy atom. The van der Waals surface area contributed by atoms with E-state index in [4.69, 9.17) is 11.3 Å². The van der Waals surface area contributed by atoms with Gasteiger partial charge >= 0.3 is 12.0 Å². The van der Waals surface area contributed by atoms with E-state index in [0.717, 1.165) is 30.3 Å². The molecule has 1 rings (SSSR count). The molecule has 0 spiro atoms. The number of rotatable bonds is 17. The summed E-state index contributed by atoms with van der Waals surface area (Å²) in [6.07, 6.45) is 27.4. The summed E-state index contributed by atoms with van der Waals surface area (Å²) in [6, 6.07) is -0.380. The molecule has 4 atom stereocenters. The maximum Gasteiger partial charge on any atom is 0.390 e. The molecule has 216 valence electrons. The van der Waals surface area contributed by atoms with E-state index in [0.29, 0.717) is 12.0 Å². The van der Waals surface area contributed by atoms with Crippen LogP contribution in [0.1, 0.15) is 156 Å². The summed E-state index contributed by atoms with van der Waals surface area (Å²) < 4.78 is 7.02. The first-order valence-electron chi connectivity index (χ1n) is 16.2. The molecule has 0 heterocycles. The molecule has 4 nitrogen and oxygen atoms in total. The molecule has 1 saturated carbocycles. The van der Waals surface area contributed by atoms with Crippen molar-refractivity contribution in [2.75, 3.05) is 20.6 Å². The first-order chi connectivity index (χ1) is 17.8. The van der Waals surface area contributed by atoms with Crippen molar-refractivity contribution in [1.29, 1.82) is 0 Å². The van der Waals surface area contributed by atoms with Crippen LogP contribution in [-0.4, -0.2) is 49.3 Å². The topological polar surface area (TPSA) is 30.7 Å². The SMILES string of the molecule is [C-]#[N+]C(C)C(=O)OC1CCCCCCCCCC1[N+](C)(C)CC(C)CCCCCCCCCCCCC. The summed E-state index contributed by atoms with van der Waals surface area (Å²) in [4.78, 5) is 16.1. The van der Waals surface area contributed by atoms with Crippen LogP contribution >= 0.6 is 0 Å². The van der Waals surface area contributed by atoms with E-state index in [1.54, 1.807) is 6.92 Å². The van der Waals surface area contributed by atoms with E-state index < -0.39 is 6.04 Å². The molecule has 0 amide bonds. The van der Waals surface area contributed by atoms with Gasteiger partial charge in [-0.3, -0.25) is 0 Å². The van der Waals surface area contributed by atoms with Crippen molar-refractivity contribution in [2.45, 2.75) is 174 Å². The Hall–Kier alpha value is -1.08. The van der Waals surface area contributed by atoms with Gasteiger partial charge in [-0.15, -0.1) is 0 Å². The zero-order chi connectivity index (χ0) is 27.4. The molecule has 4 heteroatoms. The summed E-state index contributed by atoms with van der Waals surface area (Å²) in [7, 11) is 4.72. The molecule has 0 aromatic carbocycles. The number of unbranched alkanes of at least 4 members (excludes halogenated alkanes) is 10. The van der Waals surface area contributed by atoms with Gasteiger partial charge in [0.15, 0.2) is 6.10 Å². The third-order valence-corrected chi connectivity index (χ3v) is 8.70. The van der Waals surface area contributed by atoms with Crippen molar-refractivity contribution in [1.82, 2.24) is 0 Å². The third kappa shape index (κ3) is 15.8. The second-order valence-electron chi connectivity index (χ2n) is 12.8. The van der Waals surface area contributed by atoms with E-state index in [1.807, 2.05) is 0 Å². The standard InChI is InChI=1S/C33H63N2O2/c1-7-8-9-10-11-12-13-14-16-19-22-25-29(2)28-35(5,6)31-26-23-20-17-15-18-21-24-27-32(31)37-33(36)30(3)34-4/h29-32H,7-28H2,1-3,5-6H3/q+1. The molecule has 1 fully saturated rings. The highest BCUT2D eigenvalue weighted by atomic mass is 16.5. The van der Waals surface area contributed by atoms with Crippen molar-refractivity contribution in [3.8, 4) is 0 Å². The van der Waals surface area contributed by atoms with Crippen LogP contribution in [0.2, 0.25) is 0 Å².